The predicted octanol–water partition coefficient (Wildman–Crippen LogP) is 5.47. The van der Waals surface area contributed by atoms with Gasteiger partial charge in [-0.3, -0.25) is 20.5 Å². The molecule has 44 heavy (non-hydrogen) atoms. The number of halogens is 3. The van der Waals surface area contributed by atoms with Gasteiger partial charge in [0.05, 0.1) is 23.5 Å². The standard InChI is InChI=1S/C32H29F2IN8O/c1-17-15-43(16-18(2)39-17)31(36)42-30(44)19-6-9-22(10-7-19)40-32-38-14-20-13-37-29(27-25(33)4-3-5-26(27)34)24-12-21(35)8-11-23(24)28(20)41-32/h3-12,14,17-18,39H,13,15-16H2,1-2H3,(H2,36,42,44)(H,38,40,41). The van der Waals surface area contributed by atoms with Gasteiger partial charge in [0.2, 0.25) is 5.95 Å². The first-order valence-electron chi connectivity index (χ1n) is 14.1. The number of aliphatic imine (C=N–C) groups is 1. The maximum Gasteiger partial charge on any atom is 0.257 e. The molecule has 1 aromatic heterocycles. The number of anilines is 2. The molecule has 2 aliphatic rings. The Morgan fingerprint density at radius 2 is 1.73 bits per heavy atom. The Kier molecular flexibility index (Phi) is 8.36. The van der Waals surface area contributed by atoms with E-state index in [-0.39, 0.29) is 41.8 Å². The summed E-state index contributed by atoms with van der Waals surface area (Å²) in [6.45, 7) is 5.53. The van der Waals surface area contributed by atoms with Crippen molar-refractivity contribution in [2.45, 2.75) is 32.5 Å². The maximum atomic E-state index is 14.9. The van der Waals surface area contributed by atoms with Crippen molar-refractivity contribution < 1.29 is 13.6 Å². The van der Waals surface area contributed by atoms with E-state index in [4.69, 9.17) is 10.4 Å². The average molecular weight is 707 g/mol. The molecule has 9 nitrogen and oxygen atoms in total. The zero-order valence-electron chi connectivity index (χ0n) is 24.0. The number of carbonyl (C=O) groups excluding carboxylic acids is 1. The molecule has 3 aromatic carbocycles. The number of guanidine groups is 1. The molecule has 1 amide bonds. The van der Waals surface area contributed by atoms with E-state index in [2.05, 4.69) is 62.4 Å². The van der Waals surface area contributed by atoms with Gasteiger partial charge >= 0.3 is 0 Å². The van der Waals surface area contributed by atoms with Gasteiger partial charge in [-0.2, -0.15) is 0 Å². The normalized spacial score (nSPS) is 17.6. The third kappa shape index (κ3) is 6.17. The van der Waals surface area contributed by atoms with E-state index in [9.17, 15) is 13.6 Å². The quantitative estimate of drug-likeness (QED) is 0.127. The molecule has 2 unspecified atom stereocenters. The summed E-state index contributed by atoms with van der Waals surface area (Å²) in [6.07, 6.45) is 1.65. The molecule has 0 radical (unpaired) electrons. The van der Waals surface area contributed by atoms with Crippen LogP contribution in [-0.2, 0) is 6.54 Å². The van der Waals surface area contributed by atoms with Crippen molar-refractivity contribution in [3.05, 3.63) is 104 Å². The summed E-state index contributed by atoms with van der Waals surface area (Å²) in [7, 11) is 0. The largest absolute Gasteiger partial charge is 0.340 e. The topological polar surface area (TPSA) is 118 Å². The molecule has 0 saturated carbocycles. The molecule has 2 atom stereocenters. The van der Waals surface area contributed by atoms with Crippen molar-refractivity contribution in [3.63, 3.8) is 0 Å². The molecule has 224 valence electrons. The van der Waals surface area contributed by atoms with Crippen LogP contribution in [-0.4, -0.2) is 57.6 Å². The number of benzene rings is 3. The predicted molar refractivity (Wildman–Crippen MR) is 174 cm³/mol. The minimum atomic E-state index is -0.685. The van der Waals surface area contributed by atoms with Crippen LogP contribution in [0, 0.1) is 20.6 Å². The van der Waals surface area contributed by atoms with Gasteiger partial charge in [0.1, 0.15) is 11.6 Å². The van der Waals surface area contributed by atoms with Crippen LogP contribution in [0.1, 0.15) is 40.9 Å². The molecule has 4 aromatic rings. The molecule has 4 N–H and O–H groups in total. The first-order chi connectivity index (χ1) is 21.2. The highest BCUT2D eigenvalue weighted by molar-refractivity contribution is 14.1. The fourth-order valence-corrected chi connectivity index (χ4v) is 6.02. The van der Waals surface area contributed by atoms with Crippen LogP contribution in [0.2, 0.25) is 0 Å². The summed E-state index contributed by atoms with van der Waals surface area (Å²) in [5.41, 5.74) is 3.71. The minimum absolute atomic E-state index is 0.0793. The fraction of sp³-hybridized carbons (Fsp3) is 0.219. The van der Waals surface area contributed by atoms with Gasteiger partial charge in [-0.1, -0.05) is 12.1 Å². The summed E-state index contributed by atoms with van der Waals surface area (Å²) >= 11 is 2.16. The number of hydrogen-bond acceptors (Lipinski definition) is 7. The lowest BCUT2D eigenvalue weighted by molar-refractivity contribution is 0.0969. The van der Waals surface area contributed by atoms with E-state index in [1.54, 1.807) is 30.5 Å². The highest BCUT2D eigenvalue weighted by atomic mass is 127. The Hall–Kier alpha value is -4.30. The van der Waals surface area contributed by atoms with E-state index in [1.807, 2.05) is 23.1 Å². The first-order valence-corrected chi connectivity index (χ1v) is 15.2. The Morgan fingerprint density at radius 1 is 1.02 bits per heavy atom. The van der Waals surface area contributed by atoms with Gasteiger partial charge in [0.15, 0.2) is 5.96 Å². The van der Waals surface area contributed by atoms with Crippen molar-refractivity contribution in [2.75, 3.05) is 18.4 Å². The number of amides is 1. The lowest BCUT2D eigenvalue weighted by atomic mass is 9.95. The lowest BCUT2D eigenvalue weighted by Gasteiger charge is -2.37. The molecule has 0 aliphatic carbocycles. The Balaban J connectivity index is 1.22. The van der Waals surface area contributed by atoms with E-state index in [0.29, 0.717) is 52.7 Å². The van der Waals surface area contributed by atoms with E-state index >= 15 is 0 Å². The van der Waals surface area contributed by atoms with Crippen LogP contribution in [0.15, 0.2) is 71.9 Å². The van der Waals surface area contributed by atoms with Crippen molar-refractivity contribution >= 4 is 51.8 Å². The van der Waals surface area contributed by atoms with E-state index in [1.165, 1.54) is 18.2 Å². The van der Waals surface area contributed by atoms with Gasteiger partial charge in [0, 0.05) is 62.9 Å². The molecule has 2 aliphatic heterocycles. The number of aromatic nitrogens is 2. The number of nitrogens with zero attached hydrogens (tertiary/aromatic N) is 4. The number of hydrogen-bond donors (Lipinski definition) is 4. The Morgan fingerprint density at radius 3 is 2.43 bits per heavy atom. The second-order valence-electron chi connectivity index (χ2n) is 10.9. The van der Waals surface area contributed by atoms with E-state index in [0.717, 1.165) is 3.57 Å². The second kappa shape index (κ2) is 12.4. The number of nitrogens with one attached hydrogen (secondary N) is 4. The smallest absolute Gasteiger partial charge is 0.257 e. The molecule has 6 rings (SSSR count). The second-order valence-corrected chi connectivity index (χ2v) is 12.1. The maximum absolute atomic E-state index is 14.9. The number of rotatable bonds is 4. The summed E-state index contributed by atoms with van der Waals surface area (Å²) < 4.78 is 30.6. The minimum Gasteiger partial charge on any atom is -0.340 e. The van der Waals surface area contributed by atoms with Crippen molar-refractivity contribution in [1.29, 1.82) is 5.41 Å². The number of carbonyl (C=O) groups is 1. The molecule has 0 bridgehead atoms. The summed E-state index contributed by atoms with van der Waals surface area (Å²) in [5.74, 6) is -1.34. The van der Waals surface area contributed by atoms with Crippen molar-refractivity contribution in [2.24, 2.45) is 4.99 Å². The van der Waals surface area contributed by atoms with Gasteiger partial charge in [-0.15, -0.1) is 0 Å². The molecule has 12 heteroatoms. The van der Waals surface area contributed by atoms with Gasteiger partial charge in [-0.25, -0.2) is 18.7 Å². The SMILES string of the molecule is CC1CN(C(=N)NC(=O)c2ccc(Nc3ncc4c(n3)-c3ccc(I)cc3C(c3c(F)cccc3F)=NC4)cc2)CC(C)N1. The lowest BCUT2D eigenvalue weighted by Crippen LogP contribution is -2.58. The average Bonchev–Trinajstić information content (AvgIpc) is 3.13. The third-order valence-electron chi connectivity index (χ3n) is 7.47. The van der Waals surface area contributed by atoms with Gasteiger partial charge in [-0.05, 0) is 85.0 Å². The van der Waals surface area contributed by atoms with E-state index < -0.39 is 11.6 Å². The highest BCUT2D eigenvalue weighted by Gasteiger charge is 2.26. The van der Waals surface area contributed by atoms with Crippen LogP contribution < -0.4 is 16.0 Å². The Bertz CT molecular complexity index is 1770. The zero-order valence-corrected chi connectivity index (χ0v) is 26.1. The zero-order chi connectivity index (χ0) is 31.0. The first kappa shape index (κ1) is 29.8. The molecular formula is C32H29F2IN8O. The summed E-state index contributed by atoms with van der Waals surface area (Å²) in [4.78, 5) is 28.5. The van der Waals surface area contributed by atoms with Crippen LogP contribution in [0.25, 0.3) is 11.3 Å². The Labute approximate surface area is 266 Å². The van der Waals surface area contributed by atoms with Gasteiger partial charge in [0.25, 0.3) is 5.91 Å². The molecular weight excluding hydrogens is 677 g/mol. The number of fused-ring (bicyclic) bond motifs is 3. The van der Waals surface area contributed by atoms with Crippen LogP contribution in [0.4, 0.5) is 20.4 Å². The van der Waals surface area contributed by atoms with Crippen LogP contribution in [0.5, 0.6) is 0 Å². The molecule has 3 heterocycles. The van der Waals surface area contributed by atoms with Crippen molar-refractivity contribution in [3.8, 4) is 11.3 Å². The van der Waals surface area contributed by atoms with Gasteiger partial charge < -0.3 is 15.5 Å². The summed E-state index contributed by atoms with van der Waals surface area (Å²) in [5, 5.41) is 17.6. The van der Waals surface area contributed by atoms with Crippen LogP contribution in [0.3, 0.4) is 0 Å². The van der Waals surface area contributed by atoms with Crippen LogP contribution >= 0.6 is 22.6 Å². The number of piperazine rings is 1. The van der Waals surface area contributed by atoms with Crippen molar-refractivity contribution in [1.82, 2.24) is 25.5 Å². The molecule has 1 fully saturated rings. The monoisotopic (exact) mass is 706 g/mol. The highest BCUT2D eigenvalue weighted by Crippen LogP contribution is 2.34. The molecule has 1 saturated heterocycles. The third-order valence-corrected chi connectivity index (χ3v) is 8.14. The molecule has 0 spiro atoms. The fourth-order valence-electron chi connectivity index (χ4n) is 5.52. The summed E-state index contributed by atoms with van der Waals surface area (Å²) in [6, 6.07) is 16.6.